The van der Waals surface area contributed by atoms with Gasteiger partial charge in [0.2, 0.25) is 9.84 Å². The first kappa shape index (κ1) is 27.0. The molecule has 0 aliphatic heterocycles. The molecular weight excluding hydrogens is 550 g/mol. The lowest BCUT2D eigenvalue weighted by atomic mass is 10.1. The van der Waals surface area contributed by atoms with Gasteiger partial charge < -0.3 is 14.8 Å². The number of ether oxygens (including phenoxy) is 2. The number of sulfone groups is 1. The van der Waals surface area contributed by atoms with E-state index in [0.29, 0.717) is 10.8 Å². The van der Waals surface area contributed by atoms with Crippen molar-refractivity contribution in [1.82, 2.24) is 9.78 Å². The van der Waals surface area contributed by atoms with Gasteiger partial charge in [0.25, 0.3) is 5.91 Å². The molecule has 0 bridgehead atoms. The van der Waals surface area contributed by atoms with Gasteiger partial charge in [0.05, 0.1) is 16.9 Å². The van der Waals surface area contributed by atoms with Gasteiger partial charge >= 0.3 is 0 Å². The zero-order chi connectivity index (χ0) is 28.1. The molecule has 0 saturated carbocycles. The SMILES string of the molecule is COc1cc(NC(=O)c2ccn(COc3ccc(-c4ccccc4)cc3)n2)cc(S(=O)(=O)c2ccc(Cl)cc2)c1. The summed E-state index contributed by atoms with van der Waals surface area (Å²) in [6.07, 6.45) is 1.62. The van der Waals surface area contributed by atoms with E-state index in [4.69, 9.17) is 21.1 Å². The third-order valence-corrected chi connectivity index (χ3v) is 8.01. The van der Waals surface area contributed by atoms with Gasteiger partial charge in [-0.3, -0.25) is 4.79 Å². The van der Waals surface area contributed by atoms with Crippen LogP contribution in [0.4, 0.5) is 5.69 Å². The van der Waals surface area contributed by atoms with Crippen LogP contribution in [-0.4, -0.2) is 31.2 Å². The number of anilines is 1. The summed E-state index contributed by atoms with van der Waals surface area (Å²) in [6, 6.07) is 29.4. The largest absolute Gasteiger partial charge is 0.497 e. The molecule has 202 valence electrons. The number of hydrogen-bond donors (Lipinski definition) is 1. The van der Waals surface area contributed by atoms with E-state index >= 15 is 0 Å². The molecule has 1 aromatic heterocycles. The van der Waals surface area contributed by atoms with Gasteiger partial charge in [-0.15, -0.1) is 0 Å². The average molecular weight is 574 g/mol. The van der Waals surface area contributed by atoms with Gasteiger partial charge in [-0.25, -0.2) is 13.1 Å². The van der Waals surface area contributed by atoms with Crippen LogP contribution >= 0.6 is 11.6 Å². The lowest BCUT2D eigenvalue weighted by molar-refractivity contribution is 0.102. The van der Waals surface area contributed by atoms with E-state index in [1.54, 1.807) is 12.3 Å². The zero-order valence-corrected chi connectivity index (χ0v) is 22.9. The molecule has 0 atom stereocenters. The number of aromatic nitrogens is 2. The molecule has 1 amide bonds. The molecule has 4 aromatic carbocycles. The third-order valence-electron chi connectivity index (χ3n) is 6.01. The van der Waals surface area contributed by atoms with Crippen LogP contribution in [0.5, 0.6) is 11.5 Å². The minimum atomic E-state index is -3.89. The molecule has 8 nitrogen and oxygen atoms in total. The smallest absolute Gasteiger partial charge is 0.276 e. The maximum Gasteiger partial charge on any atom is 0.276 e. The van der Waals surface area contributed by atoms with E-state index in [1.807, 2.05) is 54.6 Å². The number of halogens is 1. The molecule has 5 rings (SSSR count). The number of nitrogens with zero attached hydrogens (tertiary/aromatic N) is 2. The monoisotopic (exact) mass is 573 g/mol. The molecule has 0 saturated heterocycles. The molecule has 0 fully saturated rings. The van der Waals surface area contributed by atoms with Gasteiger partial charge in [-0.2, -0.15) is 5.10 Å². The van der Waals surface area contributed by atoms with Crippen molar-refractivity contribution < 1.29 is 22.7 Å². The summed E-state index contributed by atoms with van der Waals surface area (Å²) in [7, 11) is -2.47. The van der Waals surface area contributed by atoms with Gasteiger partial charge in [0.15, 0.2) is 12.4 Å². The number of carbonyl (C=O) groups is 1. The highest BCUT2D eigenvalue weighted by Gasteiger charge is 2.20. The Hall–Kier alpha value is -4.60. The van der Waals surface area contributed by atoms with E-state index in [2.05, 4.69) is 10.4 Å². The van der Waals surface area contributed by atoms with Gasteiger partial charge in [0.1, 0.15) is 11.5 Å². The van der Waals surface area contributed by atoms with E-state index in [1.165, 1.54) is 54.3 Å². The predicted octanol–water partition coefficient (Wildman–Crippen LogP) is 6.33. The third kappa shape index (κ3) is 6.17. The van der Waals surface area contributed by atoms with Crippen molar-refractivity contribution in [1.29, 1.82) is 0 Å². The van der Waals surface area contributed by atoms with Crippen molar-refractivity contribution in [2.45, 2.75) is 16.5 Å². The Morgan fingerprint density at radius 3 is 2.25 bits per heavy atom. The van der Waals surface area contributed by atoms with Crippen molar-refractivity contribution >= 4 is 33.0 Å². The van der Waals surface area contributed by atoms with Crippen LogP contribution in [0.25, 0.3) is 11.1 Å². The fraction of sp³-hybridized carbons (Fsp3) is 0.0667. The summed E-state index contributed by atoms with van der Waals surface area (Å²) < 4.78 is 38.9. The highest BCUT2D eigenvalue weighted by molar-refractivity contribution is 7.91. The Kier molecular flexibility index (Phi) is 7.86. The van der Waals surface area contributed by atoms with Crippen LogP contribution in [-0.2, 0) is 16.6 Å². The lowest BCUT2D eigenvalue weighted by Crippen LogP contribution is -2.15. The second kappa shape index (κ2) is 11.6. The van der Waals surface area contributed by atoms with Crippen LogP contribution < -0.4 is 14.8 Å². The first-order chi connectivity index (χ1) is 19.3. The maximum absolute atomic E-state index is 13.2. The van der Waals surface area contributed by atoms with Crippen molar-refractivity contribution in [2.75, 3.05) is 12.4 Å². The van der Waals surface area contributed by atoms with E-state index < -0.39 is 15.7 Å². The first-order valence-electron chi connectivity index (χ1n) is 12.1. The van der Waals surface area contributed by atoms with Crippen molar-refractivity contribution in [2.24, 2.45) is 0 Å². The minimum absolute atomic E-state index is 0.0401. The fourth-order valence-corrected chi connectivity index (χ4v) is 5.38. The first-order valence-corrected chi connectivity index (χ1v) is 14.0. The summed E-state index contributed by atoms with van der Waals surface area (Å²) in [4.78, 5) is 12.9. The van der Waals surface area contributed by atoms with Gasteiger partial charge in [-0.05, 0) is 65.7 Å². The van der Waals surface area contributed by atoms with Crippen molar-refractivity contribution in [3.63, 3.8) is 0 Å². The van der Waals surface area contributed by atoms with Crippen molar-refractivity contribution in [3.05, 3.63) is 120 Å². The molecule has 1 heterocycles. The number of hydrogen-bond acceptors (Lipinski definition) is 6. The normalized spacial score (nSPS) is 11.2. The van der Waals surface area contributed by atoms with E-state index in [0.717, 1.165) is 11.1 Å². The van der Waals surface area contributed by atoms with E-state index in [-0.39, 0.29) is 33.7 Å². The number of amides is 1. The summed E-state index contributed by atoms with van der Waals surface area (Å²) in [5.41, 5.74) is 2.56. The second-order valence-corrected chi connectivity index (χ2v) is 11.1. The Labute approximate surface area is 236 Å². The fourth-order valence-electron chi connectivity index (χ4n) is 3.93. The molecule has 10 heteroatoms. The number of rotatable bonds is 9. The Morgan fingerprint density at radius 1 is 0.850 bits per heavy atom. The molecular formula is C30H24ClN3O5S. The van der Waals surface area contributed by atoms with E-state index in [9.17, 15) is 13.2 Å². The Balaban J connectivity index is 1.26. The average Bonchev–Trinajstić information content (AvgIpc) is 3.46. The number of carbonyl (C=O) groups excluding carboxylic acids is 1. The van der Waals surface area contributed by atoms with Crippen LogP contribution in [0, 0.1) is 0 Å². The molecule has 40 heavy (non-hydrogen) atoms. The summed E-state index contributed by atoms with van der Waals surface area (Å²) in [5.74, 6) is 0.406. The minimum Gasteiger partial charge on any atom is -0.497 e. The standard InChI is InChI=1S/C30H24ClN3O5S/c1-38-26-17-24(18-28(19-26)40(36,37)27-13-9-23(31)10-14-27)32-30(35)29-15-16-34(33-29)20-39-25-11-7-22(8-12-25)21-5-3-2-4-6-21/h2-19H,20H2,1H3,(H,32,35). The quantitative estimate of drug-likeness (QED) is 0.221. The van der Waals surface area contributed by atoms with Crippen LogP contribution in [0.1, 0.15) is 10.5 Å². The van der Waals surface area contributed by atoms with Crippen molar-refractivity contribution in [3.8, 4) is 22.6 Å². The second-order valence-electron chi connectivity index (χ2n) is 8.71. The number of methoxy groups -OCH3 is 1. The van der Waals surface area contributed by atoms with Crippen LogP contribution in [0.15, 0.2) is 119 Å². The summed E-state index contributed by atoms with van der Waals surface area (Å²) >= 11 is 5.90. The number of benzene rings is 4. The highest BCUT2D eigenvalue weighted by Crippen LogP contribution is 2.29. The predicted molar refractivity (Wildman–Crippen MR) is 153 cm³/mol. The molecule has 1 N–H and O–H groups in total. The molecule has 0 aliphatic rings. The van der Waals surface area contributed by atoms with Crippen LogP contribution in [0.3, 0.4) is 0 Å². The Morgan fingerprint density at radius 2 is 1.55 bits per heavy atom. The molecule has 0 unspecified atom stereocenters. The molecule has 0 spiro atoms. The topological polar surface area (TPSA) is 99.5 Å². The molecule has 5 aromatic rings. The zero-order valence-electron chi connectivity index (χ0n) is 21.3. The summed E-state index contributed by atoms with van der Waals surface area (Å²) in [6.45, 7) is 0.0978. The maximum atomic E-state index is 13.2. The molecule has 0 aliphatic carbocycles. The number of nitrogens with one attached hydrogen (secondary N) is 1. The molecule has 0 radical (unpaired) electrons. The van der Waals surface area contributed by atoms with Gasteiger partial charge in [0, 0.05) is 23.0 Å². The Bertz CT molecular complexity index is 1740. The summed E-state index contributed by atoms with van der Waals surface area (Å²) in [5, 5.41) is 7.39. The van der Waals surface area contributed by atoms with Gasteiger partial charge in [-0.1, -0.05) is 54.1 Å². The lowest BCUT2D eigenvalue weighted by Gasteiger charge is -2.11. The highest BCUT2D eigenvalue weighted by atomic mass is 35.5. The van der Waals surface area contributed by atoms with Crippen LogP contribution in [0.2, 0.25) is 5.02 Å².